The van der Waals surface area contributed by atoms with Crippen LogP contribution in [0.5, 0.6) is 0 Å². The maximum Gasteiger partial charge on any atom is 0.324 e. The molecule has 1 heterocycles. The third-order valence-corrected chi connectivity index (χ3v) is 4.15. The summed E-state index contributed by atoms with van der Waals surface area (Å²) in [6.45, 7) is 0. The van der Waals surface area contributed by atoms with Crippen molar-refractivity contribution >= 4 is 16.3 Å². The van der Waals surface area contributed by atoms with Gasteiger partial charge >= 0.3 is 5.00 Å². The normalized spacial score (nSPS) is 26.5. The summed E-state index contributed by atoms with van der Waals surface area (Å²) in [4.78, 5) is 11.3. The third-order valence-electron chi connectivity index (χ3n) is 2.98. The van der Waals surface area contributed by atoms with Crippen LogP contribution in [-0.4, -0.2) is 11.0 Å². The van der Waals surface area contributed by atoms with Crippen molar-refractivity contribution in [1.29, 1.82) is 0 Å². The number of thiophene rings is 1. The van der Waals surface area contributed by atoms with Gasteiger partial charge in [0.2, 0.25) is 0 Å². The van der Waals surface area contributed by atoms with Crippen LogP contribution >= 0.6 is 11.3 Å². The Hall–Kier alpha value is -0.940. The lowest BCUT2D eigenvalue weighted by atomic mass is 9.84. The molecule has 0 amide bonds. The molecular weight excluding hydrogens is 212 g/mol. The molecule has 2 unspecified atom stereocenters. The van der Waals surface area contributed by atoms with E-state index >= 15 is 0 Å². The summed E-state index contributed by atoms with van der Waals surface area (Å²) in [5.41, 5.74) is 6.03. The van der Waals surface area contributed by atoms with Gasteiger partial charge in [0.1, 0.15) is 0 Å². The number of nitrogens with zero attached hydrogens (tertiary/aromatic N) is 1. The van der Waals surface area contributed by atoms with E-state index in [1.165, 1.54) is 24.2 Å². The fraction of sp³-hybridized carbons (Fsp3) is 0.600. The van der Waals surface area contributed by atoms with E-state index in [0.717, 1.165) is 17.7 Å². The molecule has 1 aromatic heterocycles. The predicted octanol–water partition coefficient (Wildman–Crippen LogP) is 2.64. The second-order valence-corrected chi connectivity index (χ2v) is 5.08. The zero-order valence-corrected chi connectivity index (χ0v) is 9.20. The van der Waals surface area contributed by atoms with Gasteiger partial charge in [0.25, 0.3) is 0 Å². The Morgan fingerprint density at radius 2 is 2.13 bits per heavy atom. The molecule has 82 valence electrons. The van der Waals surface area contributed by atoms with E-state index in [1.807, 2.05) is 6.07 Å². The Bertz CT molecular complexity index is 364. The van der Waals surface area contributed by atoms with Crippen molar-refractivity contribution in [1.82, 2.24) is 0 Å². The second kappa shape index (κ2) is 4.28. The first-order valence-corrected chi connectivity index (χ1v) is 6.00. The number of rotatable bonds is 2. The van der Waals surface area contributed by atoms with Crippen molar-refractivity contribution in [3.8, 4) is 0 Å². The summed E-state index contributed by atoms with van der Waals surface area (Å²) in [7, 11) is 0. The second-order valence-electron chi connectivity index (χ2n) is 3.99. The lowest BCUT2D eigenvalue weighted by Gasteiger charge is -2.27. The lowest BCUT2D eigenvalue weighted by molar-refractivity contribution is -0.380. The average molecular weight is 226 g/mol. The van der Waals surface area contributed by atoms with Crippen LogP contribution in [0.3, 0.4) is 0 Å². The third kappa shape index (κ3) is 2.18. The van der Waals surface area contributed by atoms with Crippen LogP contribution in [0.15, 0.2) is 12.1 Å². The van der Waals surface area contributed by atoms with Crippen LogP contribution in [0.4, 0.5) is 5.00 Å². The van der Waals surface area contributed by atoms with Crippen molar-refractivity contribution in [3.63, 3.8) is 0 Å². The van der Waals surface area contributed by atoms with Crippen molar-refractivity contribution in [2.24, 2.45) is 5.73 Å². The molecule has 1 fully saturated rings. The Labute approximate surface area is 92.2 Å². The van der Waals surface area contributed by atoms with Gasteiger partial charge < -0.3 is 5.73 Å². The van der Waals surface area contributed by atoms with Crippen LogP contribution in [0.25, 0.3) is 0 Å². The predicted molar refractivity (Wildman–Crippen MR) is 60.2 cm³/mol. The van der Waals surface area contributed by atoms with Gasteiger partial charge in [-0.3, -0.25) is 10.1 Å². The Kier molecular flexibility index (Phi) is 3.02. The molecular formula is C10H14N2O2S. The van der Waals surface area contributed by atoms with Crippen molar-refractivity contribution in [2.45, 2.75) is 37.6 Å². The summed E-state index contributed by atoms with van der Waals surface area (Å²) in [6.07, 6.45) is 4.48. The van der Waals surface area contributed by atoms with Crippen molar-refractivity contribution in [3.05, 3.63) is 27.1 Å². The minimum absolute atomic E-state index is 0.178. The summed E-state index contributed by atoms with van der Waals surface area (Å²) >= 11 is 1.27. The average Bonchev–Trinajstić information content (AvgIpc) is 2.67. The Morgan fingerprint density at radius 1 is 1.40 bits per heavy atom. The highest BCUT2D eigenvalue weighted by Crippen LogP contribution is 2.37. The van der Waals surface area contributed by atoms with Crippen LogP contribution in [0, 0.1) is 10.1 Å². The molecule has 5 heteroatoms. The summed E-state index contributed by atoms with van der Waals surface area (Å²) < 4.78 is 0. The first-order valence-electron chi connectivity index (χ1n) is 5.18. The number of hydrogen-bond donors (Lipinski definition) is 1. The fourth-order valence-electron chi connectivity index (χ4n) is 2.15. The van der Waals surface area contributed by atoms with Crippen LogP contribution < -0.4 is 5.73 Å². The van der Waals surface area contributed by atoms with Gasteiger partial charge in [-0.2, -0.15) is 0 Å². The van der Waals surface area contributed by atoms with Crippen molar-refractivity contribution < 1.29 is 4.92 Å². The van der Waals surface area contributed by atoms with Gasteiger partial charge in [-0.05, 0) is 18.9 Å². The summed E-state index contributed by atoms with van der Waals surface area (Å²) in [5.74, 6) is 0.331. The maximum atomic E-state index is 10.6. The van der Waals surface area contributed by atoms with Gasteiger partial charge in [-0.15, -0.1) is 0 Å². The molecule has 4 nitrogen and oxygen atoms in total. The SMILES string of the molecule is NC1CCCCC1c1ccc([N+](=O)[O-])s1. The first kappa shape index (κ1) is 10.6. The van der Waals surface area contributed by atoms with E-state index in [-0.39, 0.29) is 16.0 Å². The molecule has 0 aliphatic heterocycles. The smallest absolute Gasteiger partial charge is 0.324 e. The molecule has 0 aromatic carbocycles. The minimum Gasteiger partial charge on any atom is -0.327 e. The van der Waals surface area contributed by atoms with Gasteiger partial charge in [0.05, 0.1) is 4.92 Å². The molecule has 1 aliphatic carbocycles. The Morgan fingerprint density at radius 3 is 2.73 bits per heavy atom. The molecule has 2 atom stereocenters. The molecule has 0 radical (unpaired) electrons. The van der Waals surface area contributed by atoms with E-state index in [2.05, 4.69) is 0 Å². The van der Waals surface area contributed by atoms with Gasteiger partial charge in [0, 0.05) is 22.9 Å². The molecule has 1 saturated carbocycles. The van der Waals surface area contributed by atoms with E-state index in [1.54, 1.807) is 6.07 Å². The fourth-order valence-corrected chi connectivity index (χ4v) is 3.18. The van der Waals surface area contributed by atoms with E-state index in [4.69, 9.17) is 5.73 Å². The van der Waals surface area contributed by atoms with Gasteiger partial charge in [-0.1, -0.05) is 24.2 Å². The molecule has 1 aliphatic rings. The molecule has 0 bridgehead atoms. The maximum absolute atomic E-state index is 10.6. The molecule has 0 spiro atoms. The zero-order valence-electron chi connectivity index (χ0n) is 8.39. The van der Waals surface area contributed by atoms with Crippen LogP contribution in [0.2, 0.25) is 0 Å². The molecule has 0 saturated heterocycles. The van der Waals surface area contributed by atoms with Crippen LogP contribution in [-0.2, 0) is 0 Å². The standard InChI is InChI=1S/C10H14N2O2S/c11-8-4-2-1-3-7(8)9-5-6-10(15-9)12(13)14/h5-8H,1-4,11H2. The number of nitro groups is 1. The number of nitrogens with two attached hydrogens (primary N) is 1. The minimum atomic E-state index is -0.331. The summed E-state index contributed by atoms with van der Waals surface area (Å²) in [5, 5.41) is 10.8. The quantitative estimate of drug-likeness (QED) is 0.622. The molecule has 2 N–H and O–H groups in total. The van der Waals surface area contributed by atoms with Gasteiger partial charge in [0.15, 0.2) is 0 Å². The highest BCUT2D eigenvalue weighted by Gasteiger charge is 2.26. The number of hydrogen-bond acceptors (Lipinski definition) is 4. The Balaban J connectivity index is 2.17. The highest BCUT2D eigenvalue weighted by molar-refractivity contribution is 7.15. The lowest BCUT2D eigenvalue weighted by Crippen LogP contribution is -2.30. The zero-order chi connectivity index (χ0) is 10.8. The summed E-state index contributed by atoms with van der Waals surface area (Å²) in [6, 6.07) is 3.62. The topological polar surface area (TPSA) is 69.2 Å². The van der Waals surface area contributed by atoms with E-state index < -0.39 is 0 Å². The van der Waals surface area contributed by atoms with E-state index in [0.29, 0.717) is 5.92 Å². The largest absolute Gasteiger partial charge is 0.327 e. The first-order chi connectivity index (χ1) is 7.18. The van der Waals surface area contributed by atoms with Crippen LogP contribution in [0.1, 0.15) is 36.5 Å². The molecule has 2 rings (SSSR count). The molecule has 1 aromatic rings. The van der Waals surface area contributed by atoms with Gasteiger partial charge in [-0.25, -0.2) is 0 Å². The highest BCUT2D eigenvalue weighted by atomic mass is 32.1. The molecule has 15 heavy (non-hydrogen) atoms. The van der Waals surface area contributed by atoms with E-state index in [9.17, 15) is 10.1 Å². The van der Waals surface area contributed by atoms with Crippen molar-refractivity contribution in [2.75, 3.05) is 0 Å². The monoisotopic (exact) mass is 226 g/mol.